The van der Waals surface area contributed by atoms with Crippen LogP contribution in [0.5, 0.6) is 0 Å². The number of halogens is 2. The number of fused-ring (bicyclic) bond motifs is 1. The largest absolute Gasteiger partial charge is 0.419 e. The number of amides is 2. The summed E-state index contributed by atoms with van der Waals surface area (Å²) in [7, 11) is 0. The Labute approximate surface area is 191 Å². The molecule has 178 valence electrons. The van der Waals surface area contributed by atoms with Crippen LogP contribution in [0.15, 0.2) is 45.6 Å². The molecular weight excluding hydrogens is 454 g/mol. The van der Waals surface area contributed by atoms with Gasteiger partial charge in [0.2, 0.25) is 5.91 Å². The summed E-state index contributed by atoms with van der Waals surface area (Å²) in [4.78, 5) is 50.5. The summed E-state index contributed by atoms with van der Waals surface area (Å²) in [6, 6.07) is 6.87. The van der Waals surface area contributed by atoms with Gasteiger partial charge in [0.15, 0.2) is 17.2 Å². The number of hydrogen-bond acceptors (Lipinski definition) is 6. The molecule has 0 N–H and O–H groups in total. The topological polar surface area (TPSA) is 119 Å². The minimum atomic E-state index is -1.10. The SMILES string of the molecule is O=C(CCCn1c(=O)oc2cc([N+](=O)[O-])ccc21)N1CCN(C(=O)c2ccc(F)c(F)c2)CC1. The second kappa shape index (κ2) is 9.41. The third-order valence-electron chi connectivity index (χ3n) is 5.72. The number of carbonyl (C=O) groups is 2. The van der Waals surface area contributed by atoms with E-state index in [-0.39, 0.29) is 48.8 Å². The molecule has 12 heteroatoms. The molecule has 0 aliphatic carbocycles. The fourth-order valence-electron chi connectivity index (χ4n) is 3.90. The first-order valence-corrected chi connectivity index (χ1v) is 10.5. The molecule has 2 heterocycles. The van der Waals surface area contributed by atoms with Crippen LogP contribution in [0.4, 0.5) is 14.5 Å². The number of aryl methyl sites for hydroxylation is 1. The van der Waals surface area contributed by atoms with Crippen LogP contribution in [0, 0.1) is 21.7 Å². The molecule has 0 saturated carbocycles. The minimum Gasteiger partial charge on any atom is -0.407 e. The second-order valence-electron chi connectivity index (χ2n) is 7.83. The van der Waals surface area contributed by atoms with E-state index in [4.69, 9.17) is 4.42 Å². The number of non-ortho nitro benzene ring substituents is 1. The highest BCUT2D eigenvalue weighted by Gasteiger charge is 2.25. The van der Waals surface area contributed by atoms with Gasteiger partial charge in [0, 0.05) is 50.8 Å². The van der Waals surface area contributed by atoms with Gasteiger partial charge < -0.3 is 14.2 Å². The molecule has 0 bridgehead atoms. The molecule has 1 aromatic heterocycles. The quantitative estimate of drug-likeness (QED) is 0.400. The molecule has 0 radical (unpaired) electrons. The Hall–Kier alpha value is -4.09. The van der Waals surface area contributed by atoms with Gasteiger partial charge in [-0.3, -0.25) is 24.3 Å². The number of nitro groups is 1. The van der Waals surface area contributed by atoms with Crippen molar-refractivity contribution in [2.24, 2.45) is 0 Å². The third-order valence-corrected chi connectivity index (χ3v) is 5.72. The molecule has 1 fully saturated rings. The fourth-order valence-corrected chi connectivity index (χ4v) is 3.90. The van der Waals surface area contributed by atoms with Crippen molar-refractivity contribution in [1.29, 1.82) is 0 Å². The van der Waals surface area contributed by atoms with Crippen LogP contribution in [0.2, 0.25) is 0 Å². The zero-order chi connectivity index (χ0) is 24.4. The predicted molar refractivity (Wildman–Crippen MR) is 115 cm³/mol. The summed E-state index contributed by atoms with van der Waals surface area (Å²) in [5, 5.41) is 10.9. The van der Waals surface area contributed by atoms with Gasteiger partial charge in [0.25, 0.3) is 11.6 Å². The molecule has 2 aromatic carbocycles. The Bertz CT molecular complexity index is 1330. The van der Waals surface area contributed by atoms with Gasteiger partial charge in [0.1, 0.15) is 0 Å². The molecule has 1 aliphatic rings. The van der Waals surface area contributed by atoms with Crippen molar-refractivity contribution in [2.75, 3.05) is 26.2 Å². The van der Waals surface area contributed by atoms with Crippen molar-refractivity contribution in [1.82, 2.24) is 14.4 Å². The first-order valence-electron chi connectivity index (χ1n) is 10.5. The normalized spacial score (nSPS) is 13.9. The van der Waals surface area contributed by atoms with Crippen molar-refractivity contribution in [2.45, 2.75) is 19.4 Å². The lowest BCUT2D eigenvalue weighted by Gasteiger charge is -2.35. The number of nitro benzene ring substituents is 1. The smallest absolute Gasteiger partial charge is 0.407 e. The summed E-state index contributed by atoms with van der Waals surface area (Å²) in [5.74, 6) is -3.36. The first-order chi connectivity index (χ1) is 16.2. The van der Waals surface area contributed by atoms with Crippen LogP contribution in [0.3, 0.4) is 0 Å². The molecule has 0 spiro atoms. The standard InChI is InChI=1S/C22H20F2N4O6/c23-16-5-3-14(12-17(16)24)21(30)26-10-8-25(9-11-26)20(29)2-1-7-27-18-6-4-15(28(32)33)13-19(18)34-22(27)31/h3-6,12-13H,1-2,7-11H2. The van der Waals surface area contributed by atoms with Crippen LogP contribution in [-0.2, 0) is 11.3 Å². The van der Waals surface area contributed by atoms with E-state index in [0.717, 1.165) is 12.1 Å². The Kier molecular flexibility index (Phi) is 6.39. The Morgan fingerprint density at radius 1 is 1.00 bits per heavy atom. The van der Waals surface area contributed by atoms with Crippen LogP contribution >= 0.6 is 0 Å². The molecule has 34 heavy (non-hydrogen) atoms. The summed E-state index contributed by atoms with van der Waals surface area (Å²) >= 11 is 0. The molecule has 3 aromatic rings. The molecule has 1 aliphatic heterocycles. The maximum Gasteiger partial charge on any atom is 0.419 e. The number of oxazole rings is 1. The monoisotopic (exact) mass is 474 g/mol. The van der Waals surface area contributed by atoms with E-state index in [9.17, 15) is 33.3 Å². The molecule has 10 nitrogen and oxygen atoms in total. The minimum absolute atomic E-state index is 0.0433. The Balaban J connectivity index is 1.30. The van der Waals surface area contributed by atoms with E-state index >= 15 is 0 Å². The van der Waals surface area contributed by atoms with Crippen molar-refractivity contribution in [3.05, 3.63) is 74.3 Å². The fraction of sp³-hybridized carbons (Fsp3) is 0.318. The average molecular weight is 474 g/mol. The lowest BCUT2D eigenvalue weighted by atomic mass is 10.1. The third kappa shape index (κ3) is 4.65. The average Bonchev–Trinajstić information content (AvgIpc) is 3.14. The van der Waals surface area contributed by atoms with E-state index in [2.05, 4.69) is 0 Å². The van der Waals surface area contributed by atoms with Gasteiger partial charge in [-0.1, -0.05) is 0 Å². The first kappa shape index (κ1) is 23.1. The number of rotatable bonds is 6. The summed E-state index contributed by atoms with van der Waals surface area (Å²) < 4.78 is 32.9. The van der Waals surface area contributed by atoms with E-state index in [0.29, 0.717) is 25.0 Å². The number of hydrogen-bond donors (Lipinski definition) is 0. The maximum absolute atomic E-state index is 13.4. The van der Waals surface area contributed by atoms with E-state index < -0.39 is 28.2 Å². The van der Waals surface area contributed by atoms with Crippen molar-refractivity contribution < 1.29 is 27.7 Å². The lowest BCUT2D eigenvalue weighted by molar-refractivity contribution is -0.384. The number of carbonyl (C=O) groups excluding carboxylic acids is 2. The van der Waals surface area contributed by atoms with Crippen molar-refractivity contribution >= 4 is 28.6 Å². The zero-order valence-electron chi connectivity index (χ0n) is 17.9. The van der Waals surface area contributed by atoms with Crippen LogP contribution in [0.25, 0.3) is 11.1 Å². The van der Waals surface area contributed by atoms with E-state index in [1.807, 2.05) is 0 Å². The number of aromatic nitrogens is 1. The number of nitrogens with zero attached hydrogens (tertiary/aromatic N) is 4. The van der Waals surface area contributed by atoms with Crippen LogP contribution in [0.1, 0.15) is 23.2 Å². The molecular formula is C22H20F2N4O6. The van der Waals surface area contributed by atoms with Gasteiger partial charge in [0.05, 0.1) is 16.5 Å². The van der Waals surface area contributed by atoms with Crippen LogP contribution < -0.4 is 5.76 Å². The van der Waals surface area contributed by atoms with Crippen molar-refractivity contribution in [3.63, 3.8) is 0 Å². The van der Waals surface area contributed by atoms with Crippen molar-refractivity contribution in [3.8, 4) is 0 Å². The predicted octanol–water partition coefficient (Wildman–Crippen LogP) is 2.55. The molecule has 0 unspecified atom stereocenters. The number of piperazine rings is 1. The van der Waals surface area contributed by atoms with Gasteiger partial charge in [-0.05, 0) is 30.7 Å². The number of benzene rings is 2. The summed E-state index contributed by atoms with van der Waals surface area (Å²) in [5.41, 5.74) is 0.368. The highest BCUT2D eigenvalue weighted by atomic mass is 19.2. The second-order valence-corrected chi connectivity index (χ2v) is 7.83. The zero-order valence-corrected chi connectivity index (χ0v) is 17.9. The van der Waals surface area contributed by atoms with Crippen LogP contribution in [-0.4, -0.2) is 57.3 Å². The lowest BCUT2D eigenvalue weighted by Crippen LogP contribution is -2.50. The molecule has 2 amide bonds. The van der Waals surface area contributed by atoms with Gasteiger partial charge in [-0.2, -0.15) is 0 Å². The molecule has 4 rings (SSSR count). The Morgan fingerprint density at radius 3 is 2.38 bits per heavy atom. The van der Waals surface area contributed by atoms with E-state index in [1.165, 1.54) is 33.7 Å². The molecule has 0 atom stereocenters. The Morgan fingerprint density at radius 2 is 1.71 bits per heavy atom. The van der Waals surface area contributed by atoms with Gasteiger partial charge in [-0.15, -0.1) is 0 Å². The summed E-state index contributed by atoms with van der Waals surface area (Å²) in [6.07, 6.45) is 0.502. The van der Waals surface area contributed by atoms with E-state index in [1.54, 1.807) is 4.90 Å². The van der Waals surface area contributed by atoms with Gasteiger partial charge >= 0.3 is 5.76 Å². The maximum atomic E-state index is 13.4. The highest BCUT2D eigenvalue weighted by molar-refractivity contribution is 5.94. The highest BCUT2D eigenvalue weighted by Crippen LogP contribution is 2.20. The molecule has 1 saturated heterocycles. The van der Waals surface area contributed by atoms with Gasteiger partial charge in [-0.25, -0.2) is 13.6 Å². The summed E-state index contributed by atoms with van der Waals surface area (Å²) in [6.45, 7) is 1.31.